The number of hydrogen-bond acceptors (Lipinski definition) is 4. The van der Waals surface area contributed by atoms with Gasteiger partial charge in [0.2, 0.25) is 0 Å². The van der Waals surface area contributed by atoms with E-state index in [1.54, 1.807) is 18.7 Å². The summed E-state index contributed by atoms with van der Waals surface area (Å²) in [5.74, 6) is -0.414. The molecule has 0 saturated heterocycles. The predicted octanol–water partition coefficient (Wildman–Crippen LogP) is 1.07. The minimum absolute atomic E-state index is 0.325. The van der Waals surface area contributed by atoms with Gasteiger partial charge in [-0.15, -0.1) is 0 Å². The van der Waals surface area contributed by atoms with Crippen LogP contribution in [0.3, 0.4) is 0 Å². The number of ether oxygens (including phenoxy) is 1. The second kappa shape index (κ2) is 6.02. The second-order valence-electron chi connectivity index (χ2n) is 3.75. The van der Waals surface area contributed by atoms with Crippen molar-refractivity contribution >= 4 is 17.6 Å². The number of carbonyl (C=O) groups is 1. The zero-order chi connectivity index (χ0) is 13.0. The summed E-state index contributed by atoms with van der Waals surface area (Å²) in [5, 5.41) is 4.86. The SMILES string of the molecule is CCOC(=O)C(N)Cc1c(Cl)c(CC)nn1C. The molecule has 0 bridgehead atoms. The molecule has 0 aliphatic heterocycles. The summed E-state index contributed by atoms with van der Waals surface area (Å²) in [6, 6.07) is -0.701. The average molecular weight is 260 g/mol. The number of aryl methyl sites for hydroxylation is 2. The lowest BCUT2D eigenvalue weighted by Crippen LogP contribution is -2.35. The molecule has 0 aliphatic rings. The van der Waals surface area contributed by atoms with Crippen LogP contribution in [0.1, 0.15) is 25.2 Å². The van der Waals surface area contributed by atoms with Crippen molar-refractivity contribution in [3.63, 3.8) is 0 Å². The summed E-state index contributed by atoms with van der Waals surface area (Å²) in [7, 11) is 1.79. The van der Waals surface area contributed by atoms with Gasteiger partial charge in [-0.25, -0.2) is 0 Å². The van der Waals surface area contributed by atoms with Crippen molar-refractivity contribution in [3.05, 3.63) is 16.4 Å². The molecule has 1 unspecified atom stereocenters. The van der Waals surface area contributed by atoms with E-state index in [1.807, 2.05) is 6.92 Å². The van der Waals surface area contributed by atoms with E-state index in [1.165, 1.54) is 0 Å². The maximum atomic E-state index is 11.4. The predicted molar refractivity (Wildman–Crippen MR) is 65.9 cm³/mol. The first-order valence-corrected chi connectivity index (χ1v) is 6.01. The van der Waals surface area contributed by atoms with Crippen molar-refractivity contribution < 1.29 is 9.53 Å². The Morgan fingerprint density at radius 1 is 1.59 bits per heavy atom. The van der Waals surface area contributed by atoms with Crippen LogP contribution in [0.4, 0.5) is 0 Å². The summed E-state index contributed by atoms with van der Waals surface area (Å²) < 4.78 is 6.52. The first-order valence-electron chi connectivity index (χ1n) is 5.63. The molecule has 96 valence electrons. The van der Waals surface area contributed by atoms with Crippen molar-refractivity contribution in [2.45, 2.75) is 32.7 Å². The molecular weight excluding hydrogens is 242 g/mol. The van der Waals surface area contributed by atoms with E-state index in [4.69, 9.17) is 22.1 Å². The fraction of sp³-hybridized carbons (Fsp3) is 0.636. The molecule has 0 amide bonds. The molecule has 17 heavy (non-hydrogen) atoms. The lowest BCUT2D eigenvalue weighted by molar-refractivity contribution is -0.144. The van der Waals surface area contributed by atoms with Crippen LogP contribution in [0, 0.1) is 0 Å². The molecule has 1 heterocycles. The van der Waals surface area contributed by atoms with Gasteiger partial charge in [0, 0.05) is 13.5 Å². The summed E-state index contributed by atoms with van der Waals surface area (Å²) in [5.41, 5.74) is 7.34. The number of hydrogen-bond donors (Lipinski definition) is 1. The minimum atomic E-state index is -0.701. The normalized spacial score (nSPS) is 12.5. The van der Waals surface area contributed by atoms with E-state index >= 15 is 0 Å². The molecule has 2 N–H and O–H groups in total. The molecule has 0 saturated carbocycles. The highest BCUT2D eigenvalue weighted by atomic mass is 35.5. The van der Waals surface area contributed by atoms with Crippen LogP contribution in [0.25, 0.3) is 0 Å². The molecular formula is C11H18ClN3O2. The van der Waals surface area contributed by atoms with Gasteiger partial charge in [-0.3, -0.25) is 9.48 Å². The molecule has 0 aromatic carbocycles. The molecule has 1 aromatic heterocycles. The Kier molecular flexibility index (Phi) is 4.96. The van der Waals surface area contributed by atoms with Crippen molar-refractivity contribution in [2.24, 2.45) is 12.8 Å². The molecule has 1 aromatic rings. The number of esters is 1. The lowest BCUT2D eigenvalue weighted by atomic mass is 10.1. The highest BCUT2D eigenvalue weighted by molar-refractivity contribution is 6.31. The summed E-state index contributed by atoms with van der Waals surface area (Å²) in [6.07, 6.45) is 1.09. The van der Waals surface area contributed by atoms with Gasteiger partial charge in [-0.2, -0.15) is 5.10 Å². The molecule has 0 aliphatic carbocycles. The Morgan fingerprint density at radius 2 is 2.24 bits per heavy atom. The van der Waals surface area contributed by atoms with Crippen molar-refractivity contribution in [2.75, 3.05) is 6.61 Å². The van der Waals surface area contributed by atoms with E-state index in [2.05, 4.69) is 5.10 Å². The second-order valence-corrected chi connectivity index (χ2v) is 4.13. The number of halogens is 1. The molecule has 1 rings (SSSR count). The number of nitrogens with two attached hydrogens (primary N) is 1. The number of aromatic nitrogens is 2. The van der Waals surface area contributed by atoms with Crippen LogP contribution < -0.4 is 5.73 Å². The van der Waals surface area contributed by atoms with Crippen LogP contribution in [-0.4, -0.2) is 28.4 Å². The highest BCUT2D eigenvalue weighted by Crippen LogP contribution is 2.21. The Labute approximate surface area is 106 Å². The van der Waals surface area contributed by atoms with E-state index < -0.39 is 12.0 Å². The largest absolute Gasteiger partial charge is 0.465 e. The Morgan fingerprint density at radius 3 is 2.71 bits per heavy atom. The Bertz CT molecular complexity index is 404. The minimum Gasteiger partial charge on any atom is -0.465 e. The van der Waals surface area contributed by atoms with Gasteiger partial charge in [0.25, 0.3) is 0 Å². The summed E-state index contributed by atoms with van der Waals surface area (Å²) in [4.78, 5) is 11.4. The van der Waals surface area contributed by atoms with Gasteiger partial charge in [0.15, 0.2) is 0 Å². The van der Waals surface area contributed by atoms with Crippen molar-refractivity contribution in [1.29, 1.82) is 0 Å². The average Bonchev–Trinajstić information content (AvgIpc) is 2.56. The molecule has 6 heteroatoms. The zero-order valence-corrected chi connectivity index (χ0v) is 11.1. The summed E-state index contributed by atoms with van der Waals surface area (Å²) >= 11 is 6.16. The van der Waals surface area contributed by atoms with Crippen molar-refractivity contribution in [1.82, 2.24) is 9.78 Å². The van der Waals surface area contributed by atoms with Crippen molar-refractivity contribution in [3.8, 4) is 0 Å². The Hall–Kier alpha value is -1.07. The third kappa shape index (κ3) is 3.20. The highest BCUT2D eigenvalue weighted by Gasteiger charge is 2.21. The van der Waals surface area contributed by atoms with Gasteiger partial charge in [-0.1, -0.05) is 18.5 Å². The third-order valence-electron chi connectivity index (χ3n) is 2.51. The number of rotatable bonds is 5. The third-order valence-corrected chi connectivity index (χ3v) is 2.94. The van der Waals surface area contributed by atoms with Crippen LogP contribution in [0.2, 0.25) is 5.02 Å². The first-order chi connectivity index (χ1) is 8.01. The van der Waals surface area contributed by atoms with E-state index in [9.17, 15) is 4.79 Å². The van der Waals surface area contributed by atoms with Gasteiger partial charge < -0.3 is 10.5 Å². The van der Waals surface area contributed by atoms with Gasteiger partial charge in [0.05, 0.1) is 23.0 Å². The fourth-order valence-corrected chi connectivity index (χ4v) is 1.95. The molecule has 5 nitrogen and oxygen atoms in total. The zero-order valence-electron chi connectivity index (χ0n) is 10.4. The number of nitrogens with zero attached hydrogens (tertiary/aromatic N) is 2. The molecule has 0 radical (unpaired) electrons. The quantitative estimate of drug-likeness (QED) is 0.803. The van der Waals surface area contributed by atoms with Crippen LogP contribution in [0.15, 0.2) is 0 Å². The first kappa shape index (κ1) is 14.0. The van der Waals surface area contributed by atoms with Gasteiger partial charge >= 0.3 is 5.97 Å². The molecule has 1 atom stereocenters. The molecule has 0 spiro atoms. The van der Waals surface area contributed by atoms with E-state index in [0.29, 0.717) is 18.1 Å². The lowest BCUT2D eigenvalue weighted by Gasteiger charge is -2.10. The fourth-order valence-electron chi connectivity index (χ4n) is 1.58. The summed E-state index contributed by atoms with van der Waals surface area (Å²) in [6.45, 7) is 4.05. The van der Waals surface area contributed by atoms with Crippen LogP contribution >= 0.6 is 11.6 Å². The van der Waals surface area contributed by atoms with Crippen LogP contribution in [-0.2, 0) is 29.4 Å². The smallest absolute Gasteiger partial charge is 0.323 e. The van der Waals surface area contributed by atoms with Gasteiger partial charge in [-0.05, 0) is 13.3 Å². The maximum Gasteiger partial charge on any atom is 0.323 e. The Balaban J connectivity index is 2.81. The van der Waals surface area contributed by atoms with Gasteiger partial charge in [0.1, 0.15) is 6.04 Å². The standard InChI is InChI=1S/C11H18ClN3O2/c1-4-8-10(12)9(15(3)14-8)6-7(13)11(16)17-5-2/h7H,4-6,13H2,1-3H3. The maximum absolute atomic E-state index is 11.4. The monoisotopic (exact) mass is 259 g/mol. The van der Waals surface area contributed by atoms with Crippen LogP contribution in [0.5, 0.6) is 0 Å². The van der Waals surface area contributed by atoms with E-state index in [-0.39, 0.29) is 0 Å². The van der Waals surface area contributed by atoms with E-state index in [0.717, 1.165) is 17.8 Å². The topological polar surface area (TPSA) is 70.1 Å². The molecule has 0 fully saturated rings. The number of carbonyl (C=O) groups excluding carboxylic acids is 1.